The number of nitrogens with zero attached hydrogens (tertiary/aromatic N) is 3. The molecule has 2 aromatic rings. The molecule has 5 nitrogen and oxygen atoms in total. The Morgan fingerprint density at radius 2 is 2.05 bits per heavy atom. The van der Waals surface area contributed by atoms with Gasteiger partial charge in [0, 0.05) is 24.5 Å². The highest BCUT2D eigenvalue weighted by Gasteiger charge is 2.21. The molecule has 0 aliphatic carbocycles. The van der Waals surface area contributed by atoms with Crippen molar-refractivity contribution >= 4 is 11.7 Å². The highest BCUT2D eigenvalue weighted by atomic mass is 16.4. The van der Waals surface area contributed by atoms with Crippen LogP contribution in [-0.2, 0) is 11.8 Å². The molecule has 0 bridgehead atoms. The van der Waals surface area contributed by atoms with Crippen molar-refractivity contribution in [1.82, 2.24) is 9.78 Å². The molecule has 0 saturated carbocycles. The first-order valence-corrected chi connectivity index (χ1v) is 6.52. The number of carbonyl (C=O) groups is 1. The summed E-state index contributed by atoms with van der Waals surface area (Å²) in [7, 11) is 1.87. The number of benzene rings is 1. The zero-order valence-electron chi connectivity index (χ0n) is 11.9. The predicted molar refractivity (Wildman–Crippen MR) is 77.8 cm³/mol. The van der Waals surface area contributed by atoms with Crippen molar-refractivity contribution in [2.24, 2.45) is 7.05 Å². The average Bonchev–Trinajstić information content (AvgIpc) is 2.75. The quantitative estimate of drug-likeness (QED) is 0.908. The average molecular weight is 273 g/mol. The topological polar surface area (TPSA) is 58.4 Å². The Kier molecular flexibility index (Phi) is 4.08. The number of carboxylic acids is 1. The Morgan fingerprint density at radius 1 is 1.40 bits per heavy atom. The SMILES string of the molecule is Cc1nn(C)cc1C(C)N(CC(=O)O)c1ccccc1. The van der Waals surface area contributed by atoms with Crippen LogP contribution in [0, 0.1) is 6.92 Å². The molecule has 0 radical (unpaired) electrons. The molecule has 1 aromatic heterocycles. The van der Waals surface area contributed by atoms with E-state index in [2.05, 4.69) is 5.10 Å². The van der Waals surface area contributed by atoms with Crippen molar-refractivity contribution in [3.8, 4) is 0 Å². The van der Waals surface area contributed by atoms with E-state index < -0.39 is 5.97 Å². The first-order chi connectivity index (χ1) is 9.49. The van der Waals surface area contributed by atoms with Crippen LogP contribution in [-0.4, -0.2) is 27.4 Å². The monoisotopic (exact) mass is 273 g/mol. The van der Waals surface area contributed by atoms with Crippen molar-refractivity contribution in [1.29, 1.82) is 0 Å². The Bertz CT molecular complexity index is 592. The van der Waals surface area contributed by atoms with Gasteiger partial charge >= 0.3 is 5.97 Å². The summed E-state index contributed by atoms with van der Waals surface area (Å²) in [4.78, 5) is 13.0. The second-order valence-electron chi connectivity index (χ2n) is 4.88. The van der Waals surface area contributed by atoms with Gasteiger partial charge in [-0.3, -0.25) is 9.48 Å². The van der Waals surface area contributed by atoms with Gasteiger partial charge in [0.2, 0.25) is 0 Å². The second kappa shape index (κ2) is 5.77. The van der Waals surface area contributed by atoms with E-state index in [4.69, 9.17) is 5.11 Å². The van der Waals surface area contributed by atoms with Gasteiger partial charge < -0.3 is 10.0 Å². The normalized spacial score (nSPS) is 12.2. The van der Waals surface area contributed by atoms with Crippen molar-refractivity contribution < 1.29 is 9.90 Å². The molecule has 0 saturated heterocycles. The molecule has 0 amide bonds. The molecule has 0 fully saturated rings. The number of rotatable bonds is 5. The summed E-state index contributed by atoms with van der Waals surface area (Å²) in [5.41, 5.74) is 2.86. The van der Waals surface area contributed by atoms with E-state index in [1.165, 1.54) is 0 Å². The minimum atomic E-state index is -0.845. The predicted octanol–water partition coefficient (Wildman–Crippen LogP) is 2.38. The van der Waals surface area contributed by atoms with E-state index in [-0.39, 0.29) is 12.6 Å². The molecule has 1 N–H and O–H groups in total. The highest BCUT2D eigenvalue weighted by Crippen LogP contribution is 2.27. The zero-order valence-corrected chi connectivity index (χ0v) is 11.9. The lowest BCUT2D eigenvalue weighted by Crippen LogP contribution is -2.32. The minimum Gasteiger partial charge on any atom is -0.480 e. The third-order valence-corrected chi connectivity index (χ3v) is 3.36. The van der Waals surface area contributed by atoms with Gasteiger partial charge in [-0.05, 0) is 26.0 Å². The summed E-state index contributed by atoms with van der Waals surface area (Å²) in [6.45, 7) is 3.90. The van der Waals surface area contributed by atoms with Crippen LogP contribution in [0.1, 0.15) is 24.2 Å². The Morgan fingerprint density at radius 3 is 2.55 bits per heavy atom. The summed E-state index contributed by atoms with van der Waals surface area (Å²) >= 11 is 0. The van der Waals surface area contributed by atoms with Crippen LogP contribution >= 0.6 is 0 Å². The van der Waals surface area contributed by atoms with Gasteiger partial charge in [0.1, 0.15) is 6.54 Å². The molecular weight excluding hydrogens is 254 g/mol. The number of hydrogen-bond acceptors (Lipinski definition) is 3. The third kappa shape index (κ3) is 2.99. The van der Waals surface area contributed by atoms with Gasteiger partial charge in [-0.25, -0.2) is 0 Å². The van der Waals surface area contributed by atoms with Crippen molar-refractivity contribution in [3.63, 3.8) is 0 Å². The van der Waals surface area contributed by atoms with Crippen LogP contribution in [0.5, 0.6) is 0 Å². The van der Waals surface area contributed by atoms with Gasteiger partial charge in [-0.15, -0.1) is 0 Å². The minimum absolute atomic E-state index is 0.0421. The van der Waals surface area contributed by atoms with Crippen LogP contribution < -0.4 is 4.90 Å². The summed E-state index contributed by atoms with van der Waals surface area (Å²) in [5, 5.41) is 13.5. The number of aromatic nitrogens is 2. The molecule has 0 aliphatic rings. The summed E-state index contributed by atoms with van der Waals surface area (Å²) in [5.74, 6) is -0.845. The smallest absolute Gasteiger partial charge is 0.323 e. The first kappa shape index (κ1) is 14.1. The van der Waals surface area contributed by atoms with E-state index in [0.717, 1.165) is 16.9 Å². The maximum atomic E-state index is 11.1. The van der Waals surface area contributed by atoms with E-state index in [9.17, 15) is 4.79 Å². The first-order valence-electron chi connectivity index (χ1n) is 6.52. The van der Waals surface area contributed by atoms with Crippen LogP contribution in [0.2, 0.25) is 0 Å². The molecule has 0 aliphatic heterocycles. The molecule has 1 heterocycles. The second-order valence-corrected chi connectivity index (χ2v) is 4.88. The molecule has 20 heavy (non-hydrogen) atoms. The Balaban J connectivity index is 2.36. The number of carboxylic acid groups (broad SMARTS) is 1. The molecule has 1 aromatic carbocycles. The van der Waals surface area contributed by atoms with Crippen molar-refractivity contribution in [2.45, 2.75) is 19.9 Å². The molecular formula is C15H19N3O2. The van der Waals surface area contributed by atoms with Gasteiger partial charge in [-0.2, -0.15) is 5.10 Å². The fourth-order valence-corrected chi connectivity index (χ4v) is 2.41. The number of hydrogen-bond donors (Lipinski definition) is 1. The van der Waals surface area contributed by atoms with E-state index in [1.54, 1.807) is 4.68 Å². The van der Waals surface area contributed by atoms with Crippen molar-refractivity contribution in [3.05, 3.63) is 47.8 Å². The Hall–Kier alpha value is -2.30. The Labute approximate surface area is 118 Å². The largest absolute Gasteiger partial charge is 0.480 e. The van der Waals surface area contributed by atoms with E-state index in [1.807, 2.05) is 62.3 Å². The molecule has 5 heteroatoms. The zero-order chi connectivity index (χ0) is 14.7. The van der Waals surface area contributed by atoms with Gasteiger partial charge in [0.15, 0.2) is 0 Å². The van der Waals surface area contributed by atoms with Gasteiger partial charge in [0.25, 0.3) is 0 Å². The fraction of sp³-hybridized carbons (Fsp3) is 0.333. The molecule has 106 valence electrons. The standard InChI is InChI=1S/C15H19N3O2/c1-11-14(9-17(3)16-11)12(2)18(10-15(19)20)13-7-5-4-6-8-13/h4-9,12H,10H2,1-3H3,(H,19,20). The summed E-state index contributed by atoms with van der Waals surface area (Å²) in [6, 6.07) is 9.53. The summed E-state index contributed by atoms with van der Waals surface area (Å²) < 4.78 is 1.76. The maximum absolute atomic E-state index is 11.1. The summed E-state index contributed by atoms with van der Waals surface area (Å²) in [6.07, 6.45) is 1.94. The molecule has 2 rings (SSSR count). The lowest BCUT2D eigenvalue weighted by Gasteiger charge is -2.29. The lowest BCUT2D eigenvalue weighted by molar-refractivity contribution is -0.135. The maximum Gasteiger partial charge on any atom is 0.323 e. The highest BCUT2D eigenvalue weighted by molar-refractivity contribution is 5.74. The van der Waals surface area contributed by atoms with Crippen LogP contribution in [0.3, 0.4) is 0 Å². The van der Waals surface area contributed by atoms with Gasteiger partial charge in [0.05, 0.1) is 11.7 Å². The van der Waals surface area contributed by atoms with Crippen LogP contribution in [0.25, 0.3) is 0 Å². The number of aliphatic carboxylic acids is 1. The number of aryl methyl sites for hydroxylation is 2. The molecule has 1 unspecified atom stereocenters. The van der Waals surface area contributed by atoms with E-state index in [0.29, 0.717) is 0 Å². The van der Waals surface area contributed by atoms with Gasteiger partial charge in [-0.1, -0.05) is 18.2 Å². The van der Waals surface area contributed by atoms with Crippen molar-refractivity contribution in [2.75, 3.05) is 11.4 Å². The van der Waals surface area contributed by atoms with E-state index >= 15 is 0 Å². The molecule has 0 spiro atoms. The molecule has 1 atom stereocenters. The van der Waals surface area contributed by atoms with Crippen LogP contribution in [0.4, 0.5) is 5.69 Å². The van der Waals surface area contributed by atoms with Crippen LogP contribution in [0.15, 0.2) is 36.5 Å². The lowest BCUT2D eigenvalue weighted by atomic mass is 10.1. The number of para-hydroxylation sites is 1. The fourth-order valence-electron chi connectivity index (χ4n) is 2.41. The number of anilines is 1. The third-order valence-electron chi connectivity index (χ3n) is 3.36.